The Kier molecular flexibility index (Phi) is 22.1. The molecule has 0 aliphatic carbocycles. The van der Waals surface area contributed by atoms with Crippen LogP contribution in [0.5, 0.6) is 0 Å². The first-order chi connectivity index (χ1) is 7.12. The number of hydrogen-bond donors (Lipinski definition) is 0. The zero-order valence-electron chi connectivity index (χ0n) is 10.6. The Balaban J connectivity index is -0.000000213. The van der Waals surface area contributed by atoms with Crippen molar-refractivity contribution in [1.82, 2.24) is 0 Å². The van der Waals surface area contributed by atoms with Crippen molar-refractivity contribution in [1.29, 1.82) is 0 Å². The van der Waals surface area contributed by atoms with Crippen LogP contribution in [0.25, 0.3) is 0 Å². The minimum Gasteiger partial charge on any atom is -0.790 e. The van der Waals surface area contributed by atoms with E-state index in [4.69, 9.17) is 0 Å². The molecule has 0 rings (SSSR count). The first-order valence-electron chi connectivity index (χ1n) is 2.92. The number of rotatable bonds is 6. The summed E-state index contributed by atoms with van der Waals surface area (Å²) in [7, 11) is -24.9. The van der Waals surface area contributed by atoms with Crippen LogP contribution in [0.2, 0.25) is 0 Å². The van der Waals surface area contributed by atoms with Crippen molar-refractivity contribution in [2.75, 3.05) is 0 Å². The van der Waals surface area contributed by atoms with Gasteiger partial charge in [-0.15, -0.1) is 0 Å². The molecule has 0 saturated heterocycles. The Morgan fingerprint density at radius 1 is 0.524 bits per heavy atom. The van der Waals surface area contributed by atoms with E-state index in [0.29, 0.717) is 0 Å². The molecule has 2 atom stereocenters. The Hall–Kier alpha value is 3.70. The van der Waals surface area contributed by atoms with Crippen LogP contribution in [0, 0.1) is 40.8 Å². The van der Waals surface area contributed by atoms with Gasteiger partial charge in [0.25, 0.3) is 15.6 Å². The molecule has 105 valence electrons. The van der Waals surface area contributed by atoms with Gasteiger partial charge >= 0.3 is 97.4 Å². The van der Waals surface area contributed by atoms with E-state index in [1.165, 1.54) is 0 Å². The molecule has 0 bridgehead atoms. The molecule has 0 heterocycles. The van der Waals surface area contributed by atoms with Gasteiger partial charge in [-0.05, 0) is 0 Å². The molecule has 13 nitrogen and oxygen atoms in total. The quantitative estimate of drug-likeness (QED) is 0.245. The maximum absolute atomic E-state index is 10.4. The molecule has 2 unspecified atom stereocenters. The van der Waals surface area contributed by atoms with Crippen molar-refractivity contribution < 1.29 is 158 Å². The minimum absolute atomic E-state index is 0. The second kappa shape index (κ2) is 13.0. The van der Waals surface area contributed by atoms with Crippen molar-refractivity contribution in [2.24, 2.45) is 0 Å². The van der Waals surface area contributed by atoms with Gasteiger partial charge in [-0.3, -0.25) is 17.8 Å². The van der Waals surface area contributed by atoms with E-state index >= 15 is 0 Å². The summed E-state index contributed by atoms with van der Waals surface area (Å²) >= 11 is 0. The maximum atomic E-state index is 10.4. The van der Waals surface area contributed by atoms with Gasteiger partial charge in [-0.25, -0.2) is 4.31 Å². The van der Waals surface area contributed by atoms with Gasteiger partial charge in [0, 0.05) is 0 Å². The fourth-order valence-corrected chi connectivity index (χ4v) is 4.11. The summed E-state index contributed by atoms with van der Waals surface area (Å²) in [5, 5.41) is 0. The summed E-state index contributed by atoms with van der Waals surface area (Å²) in [5.74, 6) is 0. The molecule has 0 fully saturated rings. The van der Waals surface area contributed by atoms with Crippen LogP contribution in [-0.4, -0.2) is 0 Å². The van der Waals surface area contributed by atoms with Crippen LogP contribution >= 0.6 is 31.3 Å². The largest absolute Gasteiger partial charge is 3.00 e. The van der Waals surface area contributed by atoms with Crippen LogP contribution in [0.4, 0.5) is 0 Å². The molecule has 21 heavy (non-hydrogen) atoms. The molecule has 0 aromatic carbocycles. The van der Waals surface area contributed by atoms with Crippen LogP contribution in [0.15, 0.2) is 0 Å². The molecular formula is Li3NdO13P4. The Morgan fingerprint density at radius 2 is 0.714 bits per heavy atom. The second-order valence-electron chi connectivity index (χ2n) is 2.03. The maximum Gasteiger partial charge on any atom is 3.00 e. The second-order valence-corrected chi connectivity index (χ2v) is 7.57. The zero-order valence-corrected chi connectivity index (χ0v) is 17.4. The van der Waals surface area contributed by atoms with Gasteiger partial charge < -0.3 is 38.5 Å². The molecule has 0 spiro atoms. The Bertz CT molecular complexity index is 420. The molecular weight excluding hydrogens is 497 g/mol. The van der Waals surface area contributed by atoms with Crippen LogP contribution in [-0.2, 0) is 31.2 Å². The van der Waals surface area contributed by atoms with Crippen molar-refractivity contribution in [3.8, 4) is 0 Å². The van der Waals surface area contributed by atoms with Gasteiger partial charge in [-0.2, -0.15) is 0 Å². The monoisotopic (exact) mass is 495 g/mol. The SMILES string of the molecule is O=P([O-])([O-])OP(=O)([O-])OP(=O)([O-])OP(=O)([O-])[O-].[Li+].[Li+].[Li+].[Nd+3]. The predicted molar refractivity (Wildman–Crippen MR) is 33.7 cm³/mol. The smallest absolute Gasteiger partial charge is 0.790 e. The molecule has 0 aromatic rings. The average Bonchev–Trinajstić information content (AvgIpc) is 1.65. The van der Waals surface area contributed by atoms with E-state index in [-0.39, 0.29) is 97.4 Å². The first-order valence-corrected chi connectivity index (χ1v) is 8.76. The topological polar surface area (TPSA) is 234 Å². The Morgan fingerprint density at radius 3 is 0.857 bits per heavy atom. The molecule has 0 aliphatic heterocycles. The number of hydrogen-bond acceptors (Lipinski definition) is 13. The summed E-state index contributed by atoms with van der Waals surface area (Å²) in [4.78, 5) is 60.0. The van der Waals surface area contributed by atoms with Crippen molar-refractivity contribution >= 4 is 31.3 Å². The van der Waals surface area contributed by atoms with Gasteiger partial charge in [0.15, 0.2) is 0 Å². The van der Waals surface area contributed by atoms with Gasteiger partial charge in [0.05, 0.1) is 15.6 Å². The van der Waals surface area contributed by atoms with Gasteiger partial charge in [0.2, 0.25) is 0 Å². The Labute approximate surface area is 187 Å². The van der Waals surface area contributed by atoms with E-state index in [9.17, 15) is 47.6 Å². The third kappa shape index (κ3) is 23.7. The third-order valence-corrected chi connectivity index (χ3v) is 5.40. The molecule has 0 aromatic heterocycles. The zero-order chi connectivity index (χ0) is 14.1. The fraction of sp³-hybridized carbons (Fsp3) is 0. The number of phosphoric acid groups is 4. The fourth-order valence-electron chi connectivity index (χ4n) is 0.397. The van der Waals surface area contributed by atoms with Crippen molar-refractivity contribution in [3.63, 3.8) is 0 Å². The van der Waals surface area contributed by atoms with E-state index in [1.54, 1.807) is 0 Å². The van der Waals surface area contributed by atoms with Crippen LogP contribution < -0.4 is 85.9 Å². The van der Waals surface area contributed by atoms with Crippen molar-refractivity contribution in [2.45, 2.75) is 0 Å². The summed E-state index contributed by atoms with van der Waals surface area (Å²) in [6, 6.07) is 0. The molecule has 0 aliphatic rings. The summed E-state index contributed by atoms with van der Waals surface area (Å²) in [6.45, 7) is 0. The summed E-state index contributed by atoms with van der Waals surface area (Å²) in [5.41, 5.74) is 0. The molecule has 0 N–H and O–H groups in total. The minimum atomic E-state index is -6.26. The molecule has 0 saturated carbocycles. The summed E-state index contributed by atoms with van der Waals surface area (Å²) in [6.07, 6.45) is 0. The van der Waals surface area contributed by atoms with Gasteiger partial charge in [-0.1, -0.05) is 0 Å². The summed E-state index contributed by atoms with van der Waals surface area (Å²) < 4.78 is 48.5. The van der Waals surface area contributed by atoms with Crippen LogP contribution in [0.1, 0.15) is 0 Å². The van der Waals surface area contributed by atoms with Crippen molar-refractivity contribution in [3.05, 3.63) is 0 Å². The standard InChI is InChI=1S/3Li.Nd.H6O13P4/c;;;;1-14(2,3)11-16(7,8)13-17(9,10)12-15(4,5)6/h;;;;(H,7,8)(H,9,10)(H2,1,2,3)(H2,4,5,6)/q3*+1;+3;/p-6. The predicted octanol–water partition coefficient (Wildman–Crippen LogP) is -13.4. The van der Waals surface area contributed by atoms with E-state index < -0.39 is 31.3 Å². The van der Waals surface area contributed by atoms with Crippen LogP contribution in [0.3, 0.4) is 0 Å². The first kappa shape index (κ1) is 35.8. The molecule has 21 heteroatoms. The average molecular weight is 497 g/mol. The van der Waals surface area contributed by atoms with E-state index in [1.807, 2.05) is 0 Å². The van der Waals surface area contributed by atoms with E-state index in [0.717, 1.165) is 0 Å². The van der Waals surface area contributed by atoms with Gasteiger partial charge in [0.1, 0.15) is 0 Å². The van der Waals surface area contributed by atoms with E-state index in [2.05, 4.69) is 12.9 Å². The molecule has 1 radical (unpaired) electrons. The normalized spacial score (nSPS) is 16.7. The third-order valence-electron chi connectivity index (χ3n) is 0.600. The molecule has 0 amide bonds.